The number of halogens is 2. The summed E-state index contributed by atoms with van der Waals surface area (Å²) >= 11 is 5.54. The van der Waals surface area contributed by atoms with E-state index in [1.54, 1.807) is 0 Å². The molecule has 0 amide bonds. The number of nitrogens with zero attached hydrogens (tertiary/aromatic N) is 1. The minimum Gasteiger partial charge on any atom is -0.785 e. The van der Waals surface area contributed by atoms with Crippen molar-refractivity contribution in [2.24, 2.45) is 23.7 Å². The second kappa shape index (κ2) is 14.0. The molecule has 7 unspecified atom stereocenters. The van der Waals surface area contributed by atoms with Gasteiger partial charge in [0.05, 0.1) is 12.2 Å². The normalized spacial score (nSPS) is 39.7. The zero-order chi connectivity index (χ0) is 23.1. The van der Waals surface area contributed by atoms with Crippen molar-refractivity contribution >= 4 is 45.2 Å². The van der Waals surface area contributed by atoms with Gasteiger partial charge in [-0.1, -0.05) is 90.8 Å². The van der Waals surface area contributed by atoms with Crippen molar-refractivity contribution in [3.05, 3.63) is 17.9 Å². The molecule has 186 valence electrons. The highest BCUT2D eigenvalue weighted by molar-refractivity contribution is 14.1. The molecule has 2 aliphatic carbocycles. The zero-order valence-corrected chi connectivity index (χ0v) is 24.7. The lowest BCUT2D eigenvalue weighted by molar-refractivity contribution is 0.0284. The molecular weight excluding hydrogens is 624 g/mol. The van der Waals surface area contributed by atoms with E-state index in [1.165, 1.54) is 62.9 Å². The Hall–Kier alpha value is 1.08. The average molecular weight is 670 g/mol. The van der Waals surface area contributed by atoms with E-state index in [0.29, 0.717) is 37.9 Å². The highest BCUT2D eigenvalue weighted by atomic mass is 127. The summed E-state index contributed by atoms with van der Waals surface area (Å²) in [4.78, 5) is 0. The van der Waals surface area contributed by atoms with Crippen LogP contribution in [-0.4, -0.2) is 37.7 Å². The highest BCUT2D eigenvalue weighted by Gasteiger charge is 2.40. The van der Waals surface area contributed by atoms with Crippen LogP contribution in [0.2, 0.25) is 0 Å². The summed E-state index contributed by atoms with van der Waals surface area (Å²) < 4.78 is 7.79. The van der Waals surface area contributed by atoms with E-state index in [2.05, 4.69) is 65.6 Å². The number of ether oxygens (including phenoxy) is 1. The van der Waals surface area contributed by atoms with Crippen LogP contribution in [0.4, 0.5) is 0 Å². The van der Waals surface area contributed by atoms with Gasteiger partial charge in [-0.2, -0.15) is 0 Å². The average Bonchev–Trinajstić information content (AvgIpc) is 3.25. The number of hydrogen-bond acceptors (Lipinski definition) is 3. The van der Waals surface area contributed by atoms with Crippen molar-refractivity contribution in [2.75, 3.05) is 6.54 Å². The highest BCUT2D eigenvalue weighted by Crippen LogP contribution is 2.45. The Bertz CT molecular complexity index is 556. The quantitative estimate of drug-likeness (QED) is 0.107. The fourth-order valence-electron chi connectivity index (χ4n) is 6.72. The van der Waals surface area contributed by atoms with Gasteiger partial charge in [-0.05, 0) is 94.0 Å². The predicted octanol–water partition coefficient (Wildman–Crippen LogP) is 8.32. The number of alkyl halides is 2. The first kappa shape index (κ1) is 27.7. The molecular formula is C27H46I2NO2-. The van der Waals surface area contributed by atoms with Crippen molar-refractivity contribution in [3.63, 3.8) is 0 Å². The van der Waals surface area contributed by atoms with Gasteiger partial charge in [-0.25, -0.2) is 0 Å². The van der Waals surface area contributed by atoms with Crippen LogP contribution in [0.15, 0.2) is 12.7 Å². The minimum absolute atomic E-state index is 0.293. The molecule has 5 heteroatoms. The van der Waals surface area contributed by atoms with Gasteiger partial charge in [0.1, 0.15) is 0 Å². The lowest BCUT2D eigenvalue weighted by atomic mass is 9.71. The van der Waals surface area contributed by atoms with Crippen molar-refractivity contribution in [1.82, 2.24) is 5.06 Å². The van der Waals surface area contributed by atoms with E-state index >= 15 is 0 Å². The Kier molecular flexibility index (Phi) is 12.1. The van der Waals surface area contributed by atoms with Crippen LogP contribution >= 0.6 is 45.2 Å². The number of rotatable bonds is 9. The Balaban J connectivity index is 1.60. The van der Waals surface area contributed by atoms with E-state index in [4.69, 9.17) is 4.74 Å². The number of hydroxylamine groups is 2. The molecule has 0 bridgehead atoms. The van der Waals surface area contributed by atoms with E-state index in [-0.39, 0.29) is 0 Å². The molecule has 0 aromatic rings. The maximum Gasteiger partial charge on any atom is 0.0614 e. The van der Waals surface area contributed by atoms with E-state index in [0.717, 1.165) is 44.1 Å². The fourth-order valence-corrected chi connectivity index (χ4v) is 10.2. The second-order valence-corrected chi connectivity index (χ2v) is 13.7. The molecule has 1 aliphatic heterocycles. The molecule has 0 aromatic carbocycles. The summed E-state index contributed by atoms with van der Waals surface area (Å²) in [6, 6.07) is 0.293. The first-order valence-electron chi connectivity index (χ1n) is 13.4. The molecule has 1 heterocycles. The van der Waals surface area contributed by atoms with Gasteiger partial charge in [0.2, 0.25) is 0 Å². The summed E-state index contributed by atoms with van der Waals surface area (Å²) in [5.74, 6) is 2.87. The third-order valence-electron chi connectivity index (χ3n) is 8.74. The van der Waals surface area contributed by atoms with Crippen LogP contribution in [0.5, 0.6) is 0 Å². The molecule has 2 saturated carbocycles. The minimum atomic E-state index is 0.293. The largest absolute Gasteiger partial charge is 0.785 e. The molecule has 32 heavy (non-hydrogen) atoms. The standard InChI is InChI=1S/C27H46I2NO2/c1-4-9-23-14-15-24(32-23)18-21-13-12-20(25(5-2)27(29)19(3)26(21)28)16-17-30(31)22-10-7-6-8-11-22/h4,19-27H,1,5-18H2,2-3H3/q-1/t19?,20?,21?,23?,24?,25?,26?,27-/m0/s1. The third kappa shape index (κ3) is 7.54. The van der Waals surface area contributed by atoms with Gasteiger partial charge >= 0.3 is 0 Å². The van der Waals surface area contributed by atoms with Crippen LogP contribution in [0.1, 0.15) is 97.3 Å². The lowest BCUT2D eigenvalue weighted by Crippen LogP contribution is -2.40. The van der Waals surface area contributed by atoms with Crippen LogP contribution in [0.25, 0.3) is 0 Å². The molecule has 3 nitrogen and oxygen atoms in total. The molecule has 1 saturated heterocycles. The van der Waals surface area contributed by atoms with Gasteiger partial charge in [0, 0.05) is 7.85 Å². The van der Waals surface area contributed by atoms with Gasteiger partial charge in [-0.15, -0.1) is 6.58 Å². The van der Waals surface area contributed by atoms with Gasteiger partial charge in [0.25, 0.3) is 0 Å². The van der Waals surface area contributed by atoms with Crippen molar-refractivity contribution < 1.29 is 4.74 Å². The summed E-state index contributed by atoms with van der Waals surface area (Å²) in [6.07, 6.45) is 18.4. The molecule has 0 radical (unpaired) electrons. The van der Waals surface area contributed by atoms with Crippen LogP contribution in [0.3, 0.4) is 0 Å². The second-order valence-electron chi connectivity index (χ2n) is 10.9. The first-order valence-corrected chi connectivity index (χ1v) is 15.9. The molecule has 8 atom stereocenters. The maximum absolute atomic E-state index is 12.9. The maximum atomic E-state index is 12.9. The summed E-state index contributed by atoms with van der Waals surface area (Å²) in [5.41, 5.74) is 0. The van der Waals surface area contributed by atoms with Gasteiger partial charge in [0.15, 0.2) is 0 Å². The van der Waals surface area contributed by atoms with Gasteiger partial charge < -0.3 is 15.0 Å². The van der Waals surface area contributed by atoms with E-state index < -0.39 is 0 Å². The summed E-state index contributed by atoms with van der Waals surface area (Å²) in [6.45, 7) is 9.50. The van der Waals surface area contributed by atoms with E-state index in [1.807, 2.05) is 6.08 Å². The topological polar surface area (TPSA) is 35.5 Å². The third-order valence-corrected chi connectivity index (χ3v) is 13.0. The number of hydrogen-bond donors (Lipinski definition) is 0. The molecule has 0 N–H and O–H groups in total. The zero-order valence-electron chi connectivity index (χ0n) is 20.4. The smallest absolute Gasteiger partial charge is 0.0614 e. The van der Waals surface area contributed by atoms with Crippen LogP contribution < -0.4 is 0 Å². The Morgan fingerprint density at radius 1 is 0.969 bits per heavy atom. The lowest BCUT2D eigenvalue weighted by Gasteiger charge is -2.44. The first-order chi connectivity index (χ1) is 15.4. The van der Waals surface area contributed by atoms with Crippen molar-refractivity contribution in [1.29, 1.82) is 0 Å². The summed E-state index contributed by atoms with van der Waals surface area (Å²) in [7, 11) is 0. The Morgan fingerprint density at radius 3 is 2.34 bits per heavy atom. The molecule has 3 rings (SSSR count). The SMILES string of the molecule is C=CCC1CCC(CC2CCC(CCN([O-])C3CCCCC3)C(CC)[C@@H](I)C(C)C2I)O1. The Morgan fingerprint density at radius 2 is 1.66 bits per heavy atom. The molecule has 0 spiro atoms. The van der Waals surface area contributed by atoms with Crippen LogP contribution in [0, 0.1) is 28.9 Å². The molecule has 3 fully saturated rings. The molecule has 0 aromatic heterocycles. The van der Waals surface area contributed by atoms with Gasteiger partial charge in [-0.3, -0.25) is 0 Å². The predicted molar refractivity (Wildman–Crippen MR) is 154 cm³/mol. The Labute approximate surface area is 225 Å². The fraction of sp³-hybridized carbons (Fsp3) is 0.926. The molecule has 3 aliphatic rings. The monoisotopic (exact) mass is 670 g/mol. The van der Waals surface area contributed by atoms with Crippen molar-refractivity contribution in [2.45, 2.75) is 123 Å². The van der Waals surface area contributed by atoms with E-state index in [9.17, 15) is 5.21 Å². The van der Waals surface area contributed by atoms with Crippen molar-refractivity contribution in [3.8, 4) is 0 Å². The van der Waals surface area contributed by atoms with Crippen LogP contribution in [-0.2, 0) is 4.74 Å². The summed E-state index contributed by atoms with van der Waals surface area (Å²) in [5, 5.41) is 14.3.